The van der Waals surface area contributed by atoms with Crippen molar-refractivity contribution in [2.75, 3.05) is 7.11 Å². The molecule has 0 spiro atoms. The van der Waals surface area contributed by atoms with Gasteiger partial charge in [0.2, 0.25) is 0 Å². The van der Waals surface area contributed by atoms with Crippen molar-refractivity contribution in [2.24, 2.45) is 0 Å². The van der Waals surface area contributed by atoms with Crippen LogP contribution in [0.2, 0.25) is 0 Å². The third-order valence-electron chi connectivity index (χ3n) is 5.23. The maximum atomic E-state index is 5.37. The molecule has 0 amide bonds. The van der Waals surface area contributed by atoms with Crippen LogP contribution < -0.4 is 4.74 Å². The quantitative estimate of drug-likeness (QED) is 0.445. The number of rotatable bonds is 4. The minimum Gasteiger partial charge on any atom is -0.497 e. The average Bonchev–Trinajstić information content (AvgIpc) is 3.36. The van der Waals surface area contributed by atoms with Crippen LogP contribution in [-0.2, 0) is 6.54 Å². The molecular weight excluding hydrogens is 348 g/mol. The Bertz CT molecular complexity index is 1300. The van der Waals surface area contributed by atoms with Gasteiger partial charge in [-0.05, 0) is 43.3 Å². The molecule has 0 unspecified atom stereocenters. The van der Waals surface area contributed by atoms with Gasteiger partial charge in [-0.2, -0.15) is 0 Å². The molecule has 0 bridgehead atoms. The lowest BCUT2D eigenvalue weighted by molar-refractivity contribution is 0.415. The Morgan fingerprint density at radius 3 is 2.61 bits per heavy atom. The normalized spacial score (nSPS) is 11.4. The average molecular weight is 368 g/mol. The van der Waals surface area contributed by atoms with Crippen LogP contribution in [0.25, 0.3) is 38.8 Å². The van der Waals surface area contributed by atoms with Gasteiger partial charge in [0.15, 0.2) is 0 Å². The summed E-state index contributed by atoms with van der Waals surface area (Å²) in [6.45, 7) is 3.11. The van der Waals surface area contributed by atoms with Crippen molar-refractivity contribution in [2.45, 2.75) is 13.5 Å². The Balaban J connectivity index is 1.71. The number of ether oxygens (including phenoxy) is 1. The highest BCUT2D eigenvalue weighted by molar-refractivity contribution is 6.08. The topological polar surface area (TPSA) is 44.9 Å². The molecule has 2 heterocycles. The highest BCUT2D eigenvalue weighted by atomic mass is 16.5. The lowest BCUT2D eigenvalue weighted by Crippen LogP contribution is -2.00. The van der Waals surface area contributed by atoms with Crippen molar-refractivity contribution in [3.63, 3.8) is 0 Å². The highest BCUT2D eigenvalue weighted by Gasteiger charge is 2.13. The minimum atomic E-state index is 0.812. The lowest BCUT2D eigenvalue weighted by Gasteiger charge is -2.09. The molecule has 0 aliphatic rings. The molecule has 0 aliphatic heterocycles. The molecule has 0 atom stereocenters. The van der Waals surface area contributed by atoms with E-state index < -0.39 is 0 Å². The summed E-state index contributed by atoms with van der Waals surface area (Å²) >= 11 is 0. The van der Waals surface area contributed by atoms with E-state index in [-0.39, 0.29) is 0 Å². The monoisotopic (exact) mass is 368 g/mol. The Hall–Kier alpha value is -3.60. The van der Waals surface area contributed by atoms with Crippen molar-refractivity contribution in [3.8, 4) is 22.7 Å². The fourth-order valence-corrected chi connectivity index (χ4v) is 3.92. The van der Waals surface area contributed by atoms with Gasteiger partial charge in [0.05, 0.1) is 24.7 Å². The summed E-state index contributed by atoms with van der Waals surface area (Å²) < 4.78 is 9.59. The predicted octanol–water partition coefficient (Wildman–Crippen LogP) is 5.07. The van der Waals surface area contributed by atoms with E-state index in [0.717, 1.165) is 29.2 Å². The van der Waals surface area contributed by atoms with Gasteiger partial charge in [0, 0.05) is 33.9 Å². The lowest BCUT2D eigenvalue weighted by atomic mass is 10.1. The fraction of sp³-hybridized carbons (Fsp3) is 0.130. The molecule has 0 saturated heterocycles. The number of para-hydroxylation sites is 1. The molecule has 138 valence electrons. The Labute approximate surface area is 162 Å². The first-order valence-electron chi connectivity index (χ1n) is 9.36. The zero-order chi connectivity index (χ0) is 19.1. The number of fused-ring (bicyclic) bond motifs is 3. The van der Waals surface area contributed by atoms with Gasteiger partial charge in [0.1, 0.15) is 5.75 Å². The van der Waals surface area contributed by atoms with Crippen LogP contribution in [0.3, 0.4) is 0 Å². The second-order valence-electron chi connectivity index (χ2n) is 6.73. The summed E-state index contributed by atoms with van der Waals surface area (Å²) in [4.78, 5) is 0. The van der Waals surface area contributed by atoms with Crippen LogP contribution in [0.15, 0.2) is 72.9 Å². The van der Waals surface area contributed by atoms with Crippen LogP contribution >= 0.6 is 0 Å². The van der Waals surface area contributed by atoms with Crippen molar-refractivity contribution in [1.29, 1.82) is 0 Å². The smallest absolute Gasteiger partial charge is 0.119 e. The third kappa shape index (κ3) is 2.47. The van der Waals surface area contributed by atoms with Gasteiger partial charge in [-0.3, -0.25) is 0 Å². The summed E-state index contributed by atoms with van der Waals surface area (Å²) in [5.74, 6) is 0.812. The molecule has 0 fully saturated rings. The number of hydrogen-bond donors (Lipinski definition) is 0. The second kappa shape index (κ2) is 6.53. The largest absolute Gasteiger partial charge is 0.497 e. The Kier molecular flexibility index (Phi) is 3.86. The van der Waals surface area contributed by atoms with Crippen LogP contribution in [-0.4, -0.2) is 26.7 Å². The molecule has 3 aromatic carbocycles. The Morgan fingerprint density at radius 2 is 1.75 bits per heavy atom. The standard InChI is InChI=1S/C23H20N4O/c1-3-26-21-10-5-4-9-19(21)20-14-17(11-12-22(20)26)27-23(15-24-25-27)16-7-6-8-18(13-16)28-2/h4-15H,3H2,1-2H3. The van der Waals surface area contributed by atoms with E-state index in [9.17, 15) is 0 Å². The fourth-order valence-electron chi connectivity index (χ4n) is 3.92. The zero-order valence-electron chi connectivity index (χ0n) is 15.8. The van der Waals surface area contributed by atoms with E-state index in [4.69, 9.17) is 4.74 Å². The molecule has 5 aromatic rings. The van der Waals surface area contributed by atoms with Gasteiger partial charge in [-0.1, -0.05) is 35.5 Å². The molecule has 0 radical (unpaired) electrons. The van der Waals surface area contributed by atoms with E-state index in [1.165, 1.54) is 21.8 Å². The van der Waals surface area contributed by atoms with E-state index in [2.05, 4.69) is 64.3 Å². The maximum absolute atomic E-state index is 5.37. The molecule has 0 saturated carbocycles. The van der Waals surface area contributed by atoms with Crippen molar-refractivity contribution >= 4 is 21.8 Å². The number of aromatic nitrogens is 4. The van der Waals surface area contributed by atoms with E-state index in [1.54, 1.807) is 13.3 Å². The highest BCUT2D eigenvalue weighted by Crippen LogP contribution is 2.32. The van der Waals surface area contributed by atoms with Crippen molar-refractivity contribution in [1.82, 2.24) is 19.6 Å². The van der Waals surface area contributed by atoms with E-state index in [1.807, 2.05) is 28.9 Å². The molecule has 5 rings (SSSR count). The predicted molar refractivity (Wildman–Crippen MR) is 112 cm³/mol. The number of methoxy groups -OCH3 is 1. The number of nitrogens with zero attached hydrogens (tertiary/aromatic N) is 4. The first kappa shape index (κ1) is 16.6. The minimum absolute atomic E-state index is 0.812. The third-order valence-corrected chi connectivity index (χ3v) is 5.23. The van der Waals surface area contributed by atoms with Gasteiger partial charge in [-0.25, -0.2) is 4.68 Å². The molecular formula is C23H20N4O. The van der Waals surface area contributed by atoms with Crippen LogP contribution in [0.4, 0.5) is 0 Å². The summed E-state index contributed by atoms with van der Waals surface area (Å²) in [6, 6.07) is 23.0. The van der Waals surface area contributed by atoms with Crippen LogP contribution in [0.1, 0.15) is 6.92 Å². The summed E-state index contributed by atoms with van der Waals surface area (Å²) in [7, 11) is 1.67. The molecule has 2 aromatic heterocycles. The first-order chi connectivity index (χ1) is 13.8. The van der Waals surface area contributed by atoms with Gasteiger partial charge in [-0.15, -0.1) is 5.10 Å². The summed E-state index contributed by atoms with van der Waals surface area (Å²) in [6.07, 6.45) is 1.79. The molecule has 28 heavy (non-hydrogen) atoms. The maximum Gasteiger partial charge on any atom is 0.119 e. The van der Waals surface area contributed by atoms with Gasteiger partial charge < -0.3 is 9.30 Å². The number of hydrogen-bond acceptors (Lipinski definition) is 3. The van der Waals surface area contributed by atoms with Crippen LogP contribution in [0, 0.1) is 0 Å². The zero-order valence-corrected chi connectivity index (χ0v) is 15.8. The SMILES string of the molecule is CCn1c2ccccc2c2cc(-n3nncc3-c3cccc(OC)c3)ccc21. The molecule has 0 N–H and O–H groups in total. The van der Waals surface area contributed by atoms with E-state index in [0.29, 0.717) is 0 Å². The number of benzene rings is 3. The summed E-state index contributed by atoms with van der Waals surface area (Å²) in [5.41, 5.74) is 5.42. The number of aryl methyl sites for hydroxylation is 1. The molecule has 5 heteroatoms. The van der Waals surface area contributed by atoms with E-state index >= 15 is 0 Å². The van der Waals surface area contributed by atoms with Gasteiger partial charge in [0.25, 0.3) is 0 Å². The van der Waals surface area contributed by atoms with Crippen molar-refractivity contribution < 1.29 is 4.74 Å². The molecule has 0 aliphatic carbocycles. The summed E-state index contributed by atoms with van der Waals surface area (Å²) in [5, 5.41) is 11.0. The van der Waals surface area contributed by atoms with Crippen molar-refractivity contribution in [3.05, 3.63) is 72.9 Å². The van der Waals surface area contributed by atoms with Gasteiger partial charge >= 0.3 is 0 Å². The van der Waals surface area contributed by atoms with Crippen LogP contribution in [0.5, 0.6) is 5.75 Å². The second-order valence-corrected chi connectivity index (χ2v) is 6.73. The first-order valence-corrected chi connectivity index (χ1v) is 9.36. The Morgan fingerprint density at radius 1 is 0.893 bits per heavy atom. The molecule has 5 nitrogen and oxygen atoms in total.